The van der Waals surface area contributed by atoms with Gasteiger partial charge in [-0.2, -0.15) is 0 Å². The van der Waals surface area contributed by atoms with Gasteiger partial charge in [0.2, 0.25) is 0 Å². The summed E-state index contributed by atoms with van der Waals surface area (Å²) in [6.07, 6.45) is 2.98. The van der Waals surface area contributed by atoms with E-state index in [0.29, 0.717) is 0 Å². The van der Waals surface area contributed by atoms with Crippen LogP contribution in [0, 0.1) is 0 Å². The molecule has 0 saturated carbocycles. The van der Waals surface area contributed by atoms with E-state index in [1.165, 1.54) is 4.88 Å². The van der Waals surface area contributed by atoms with E-state index in [0.717, 1.165) is 34.9 Å². The summed E-state index contributed by atoms with van der Waals surface area (Å²) >= 11 is 7.44. The molecule has 0 aromatic carbocycles. The van der Waals surface area contributed by atoms with E-state index in [4.69, 9.17) is 16.8 Å². The molecule has 1 aliphatic carbocycles. The molecule has 0 radical (unpaired) electrons. The molecule has 1 aliphatic rings. The van der Waals surface area contributed by atoms with Crippen molar-refractivity contribution in [2.24, 2.45) is 5.16 Å². The zero-order valence-electron chi connectivity index (χ0n) is 6.38. The highest BCUT2D eigenvalue weighted by Gasteiger charge is 2.18. The Balaban J connectivity index is 2.50. The van der Waals surface area contributed by atoms with E-state index in [-0.39, 0.29) is 0 Å². The third-order valence-electron chi connectivity index (χ3n) is 2.03. The number of nitrogens with zero attached hydrogens (tertiary/aromatic N) is 1. The highest BCUT2D eigenvalue weighted by Crippen LogP contribution is 2.32. The minimum Gasteiger partial charge on any atom is -0.411 e. The van der Waals surface area contributed by atoms with Crippen LogP contribution >= 0.6 is 22.9 Å². The van der Waals surface area contributed by atoms with Gasteiger partial charge in [-0.15, -0.1) is 11.3 Å². The average Bonchev–Trinajstić information content (AvgIpc) is 2.44. The van der Waals surface area contributed by atoms with Crippen LogP contribution in [-0.4, -0.2) is 10.9 Å². The average molecular weight is 202 g/mol. The van der Waals surface area contributed by atoms with Gasteiger partial charge in [0.15, 0.2) is 0 Å². The lowest BCUT2D eigenvalue weighted by Crippen LogP contribution is -2.08. The Morgan fingerprint density at radius 3 is 3.08 bits per heavy atom. The van der Waals surface area contributed by atoms with Crippen LogP contribution in [0.5, 0.6) is 0 Å². The fraction of sp³-hybridized carbons (Fsp3) is 0.375. The Hall–Kier alpha value is -0.540. The third kappa shape index (κ3) is 1.23. The molecule has 0 saturated heterocycles. The molecule has 0 atom stereocenters. The van der Waals surface area contributed by atoms with Crippen LogP contribution in [0.2, 0.25) is 4.34 Å². The van der Waals surface area contributed by atoms with Gasteiger partial charge in [0.1, 0.15) is 0 Å². The Morgan fingerprint density at radius 2 is 2.33 bits per heavy atom. The van der Waals surface area contributed by atoms with Crippen molar-refractivity contribution in [1.29, 1.82) is 0 Å². The third-order valence-corrected chi connectivity index (χ3v) is 3.35. The molecule has 4 heteroatoms. The first-order valence-electron chi connectivity index (χ1n) is 3.81. The number of rotatable bonds is 0. The smallest absolute Gasteiger partial charge is 0.0938 e. The van der Waals surface area contributed by atoms with Gasteiger partial charge in [0, 0.05) is 10.4 Å². The van der Waals surface area contributed by atoms with Crippen molar-refractivity contribution < 1.29 is 5.21 Å². The number of oxime groups is 1. The summed E-state index contributed by atoms with van der Waals surface area (Å²) in [6.45, 7) is 0. The Bertz CT molecular complexity index is 332. The highest BCUT2D eigenvalue weighted by atomic mass is 35.5. The molecule has 1 aromatic rings. The first-order valence-corrected chi connectivity index (χ1v) is 5.00. The Labute approximate surface area is 79.5 Å². The first-order chi connectivity index (χ1) is 5.81. The molecule has 2 rings (SSSR count). The molecule has 2 nitrogen and oxygen atoms in total. The maximum atomic E-state index is 8.70. The first kappa shape index (κ1) is 8.08. The zero-order valence-corrected chi connectivity index (χ0v) is 7.95. The minimum atomic E-state index is 0.777. The second kappa shape index (κ2) is 3.07. The van der Waals surface area contributed by atoms with Crippen molar-refractivity contribution in [3.63, 3.8) is 0 Å². The van der Waals surface area contributed by atoms with E-state index >= 15 is 0 Å². The van der Waals surface area contributed by atoms with Gasteiger partial charge >= 0.3 is 0 Å². The van der Waals surface area contributed by atoms with Crippen molar-refractivity contribution in [3.05, 3.63) is 20.8 Å². The Morgan fingerprint density at radius 1 is 1.50 bits per heavy atom. The predicted octanol–water partition coefficient (Wildman–Crippen LogP) is 2.92. The Kier molecular flexibility index (Phi) is 2.07. The van der Waals surface area contributed by atoms with Crippen molar-refractivity contribution in [1.82, 2.24) is 0 Å². The lowest BCUT2D eigenvalue weighted by Gasteiger charge is -2.10. The van der Waals surface area contributed by atoms with Gasteiger partial charge in [-0.3, -0.25) is 0 Å². The van der Waals surface area contributed by atoms with Crippen molar-refractivity contribution in [3.8, 4) is 0 Å². The lowest BCUT2D eigenvalue weighted by molar-refractivity contribution is 0.317. The summed E-state index contributed by atoms with van der Waals surface area (Å²) < 4.78 is 0.781. The zero-order chi connectivity index (χ0) is 8.55. The predicted molar refractivity (Wildman–Crippen MR) is 50.6 cm³/mol. The van der Waals surface area contributed by atoms with E-state index in [2.05, 4.69) is 5.16 Å². The molecule has 0 spiro atoms. The molecule has 0 amide bonds. The molecule has 0 aliphatic heterocycles. The van der Waals surface area contributed by atoms with Crippen LogP contribution in [0.1, 0.15) is 23.3 Å². The fourth-order valence-electron chi connectivity index (χ4n) is 1.48. The lowest BCUT2D eigenvalue weighted by atomic mass is 9.97. The van der Waals surface area contributed by atoms with Crippen LogP contribution in [0.15, 0.2) is 11.2 Å². The number of aryl methyl sites for hydroxylation is 1. The van der Waals surface area contributed by atoms with Crippen LogP contribution < -0.4 is 0 Å². The van der Waals surface area contributed by atoms with Gasteiger partial charge in [-0.1, -0.05) is 16.8 Å². The van der Waals surface area contributed by atoms with E-state index in [1.54, 1.807) is 11.3 Å². The summed E-state index contributed by atoms with van der Waals surface area (Å²) in [5.74, 6) is 0. The van der Waals surface area contributed by atoms with Gasteiger partial charge in [0.05, 0.1) is 10.0 Å². The van der Waals surface area contributed by atoms with Crippen molar-refractivity contribution in [2.45, 2.75) is 19.3 Å². The number of fused-ring (bicyclic) bond motifs is 1. The fourth-order valence-corrected chi connectivity index (χ4v) is 2.81. The van der Waals surface area contributed by atoms with Crippen molar-refractivity contribution >= 4 is 28.6 Å². The van der Waals surface area contributed by atoms with E-state index < -0.39 is 0 Å². The molecule has 0 unspecified atom stereocenters. The molecular weight excluding hydrogens is 194 g/mol. The standard InChI is InChI=1S/C8H8ClNOS/c9-8-4-5-6(10-11)2-1-3-7(5)12-8/h4,11H,1-3H2/b10-6+. The molecule has 0 fully saturated rings. The molecule has 64 valence electrons. The normalized spacial score (nSPS) is 19.6. The van der Waals surface area contributed by atoms with Gasteiger partial charge in [-0.25, -0.2) is 0 Å². The number of hydrogen-bond acceptors (Lipinski definition) is 3. The molecule has 1 N–H and O–H groups in total. The topological polar surface area (TPSA) is 32.6 Å². The number of thiophene rings is 1. The highest BCUT2D eigenvalue weighted by molar-refractivity contribution is 7.16. The van der Waals surface area contributed by atoms with Gasteiger partial charge < -0.3 is 5.21 Å². The second-order valence-corrected chi connectivity index (χ2v) is 4.56. The maximum Gasteiger partial charge on any atom is 0.0938 e. The monoisotopic (exact) mass is 201 g/mol. The van der Waals surface area contributed by atoms with Gasteiger partial charge in [0.25, 0.3) is 0 Å². The van der Waals surface area contributed by atoms with Crippen LogP contribution in [0.3, 0.4) is 0 Å². The molecular formula is C8H8ClNOS. The SMILES string of the molecule is O/N=C1\CCCc2sc(Cl)cc21. The van der Waals surface area contributed by atoms with Crippen LogP contribution in [0.25, 0.3) is 0 Å². The quantitative estimate of drug-likeness (QED) is 0.508. The second-order valence-electron chi connectivity index (χ2n) is 2.79. The molecule has 12 heavy (non-hydrogen) atoms. The number of hydrogen-bond donors (Lipinski definition) is 1. The van der Waals surface area contributed by atoms with E-state index in [9.17, 15) is 0 Å². The molecule has 1 aromatic heterocycles. The van der Waals surface area contributed by atoms with Crippen LogP contribution in [0.4, 0.5) is 0 Å². The summed E-state index contributed by atoms with van der Waals surface area (Å²) in [5.41, 5.74) is 1.82. The van der Waals surface area contributed by atoms with Crippen LogP contribution in [-0.2, 0) is 6.42 Å². The summed E-state index contributed by atoms with van der Waals surface area (Å²) in [7, 11) is 0. The minimum absolute atomic E-state index is 0.777. The maximum absolute atomic E-state index is 8.70. The molecule has 0 bridgehead atoms. The molecule has 1 heterocycles. The summed E-state index contributed by atoms with van der Waals surface area (Å²) in [5, 5.41) is 12.0. The van der Waals surface area contributed by atoms with Gasteiger partial charge in [-0.05, 0) is 25.3 Å². The van der Waals surface area contributed by atoms with E-state index in [1.807, 2.05) is 6.07 Å². The number of halogens is 1. The largest absolute Gasteiger partial charge is 0.411 e. The summed E-state index contributed by atoms with van der Waals surface area (Å²) in [6, 6.07) is 1.88. The van der Waals surface area contributed by atoms with Crippen molar-refractivity contribution in [2.75, 3.05) is 0 Å². The summed E-state index contributed by atoms with van der Waals surface area (Å²) in [4.78, 5) is 1.25.